The Bertz CT molecular complexity index is 2990. The number of hydrogen-bond donors (Lipinski definition) is 23. The smallest absolute Gasteiger partial charge is 0.220 e. The maximum Gasteiger partial charge on any atom is 0.220 e. The third kappa shape index (κ3) is 32.8. The molecular formula is C86H155N3O37. The van der Waals surface area contributed by atoms with E-state index in [0.717, 1.165) is 65.2 Å². The minimum atomic E-state index is -2.34. The summed E-state index contributed by atoms with van der Waals surface area (Å²) in [6.45, 7) is 0.991. The summed E-state index contributed by atoms with van der Waals surface area (Å²) in [5.41, 5.74) is 0. The Morgan fingerprint density at radius 2 is 0.651 bits per heavy atom. The maximum atomic E-state index is 13.6. The topological polar surface area (TPSA) is 621 Å². The van der Waals surface area contributed by atoms with Gasteiger partial charge in [0.15, 0.2) is 44.0 Å². The Kier molecular flexibility index (Phi) is 50.7. The molecule has 0 spiro atoms. The van der Waals surface area contributed by atoms with E-state index in [9.17, 15) is 117 Å². The van der Waals surface area contributed by atoms with Crippen molar-refractivity contribution in [2.45, 2.75) is 467 Å². The number of unbranched alkanes of at least 4 members (excludes halogenated alkanes) is 29. The highest BCUT2D eigenvalue weighted by Crippen LogP contribution is 2.40. The zero-order valence-corrected chi connectivity index (χ0v) is 74.0. The van der Waals surface area contributed by atoms with Gasteiger partial charge in [-0.05, 0) is 26.2 Å². The van der Waals surface area contributed by atoms with Gasteiger partial charge in [-0.3, -0.25) is 14.4 Å². The van der Waals surface area contributed by atoms with Gasteiger partial charge in [0.05, 0.1) is 64.5 Å². The van der Waals surface area contributed by atoms with Crippen LogP contribution < -0.4 is 16.0 Å². The lowest BCUT2D eigenvalue weighted by Gasteiger charge is -2.52. The number of nitrogens with one attached hydrogen (secondary N) is 3. The zero-order valence-electron chi connectivity index (χ0n) is 74.0. The molecule has 14 unspecified atom stereocenters. The fourth-order valence-electron chi connectivity index (χ4n) is 17.2. The number of ether oxygens (including phenoxy) is 14. The minimum absolute atomic E-state index is 0.164. The van der Waals surface area contributed by atoms with Crippen LogP contribution in [0.2, 0.25) is 0 Å². The van der Waals surface area contributed by atoms with Gasteiger partial charge in [-0.2, -0.15) is 0 Å². The van der Waals surface area contributed by atoms with E-state index < -0.39 is 285 Å². The van der Waals surface area contributed by atoms with E-state index in [-0.39, 0.29) is 12.3 Å². The lowest BCUT2D eigenvalue weighted by Crippen LogP contribution is -2.71. The fraction of sp³-hybridized carbons (Fsp3) is 0.942. The molecule has 0 radical (unpaired) electrons. The van der Waals surface area contributed by atoms with Gasteiger partial charge in [0.2, 0.25) is 17.7 Å². The Morgan fingerprint density at radius 3 is 1.09 bits per heavy atom. The number of carbonyl (C=O) groups is 3. The highest BCUT2D eigenvalue weighted by Gasteiger charge is 2.60. The molecular weight excluding hydrogens is 1670 g/mol. The average molecular weight is 1820 g/mol. The van der Waals surface area contributed by atoms with E-state index in [4.69, 9.17) is 66.3 Å². The first-order valence-electron chi connectivity index (χ1n) is 46.3. The van der Waals surface area contributed by atoms with Gasteiger partial charge in [0, 0.05) is 20.3 Å². The quantitative estimate of drug-likeness (QED) is 0.0231. The number of rotatable bonds is 58. The molecule has 23 N–H and O–H groups in total. The Morgan fingerprint density at radius 1 is 0.325 bits per heavy atom. The van der Waals surface area contributed by atoms with Gasteiger partial charge in [0.25, 0.3) is 0 Å². The molecule has 0 aromatic carbocycles. The monoisotopic (exact) mass is 1820 g/mol. The van der Waals surface area contributed by atoms with Crippen molar-refractivity contribution in [2.24, 2.45) is 0 Å². The van der Waals surface area contributed by atoms with E-state index in [1.54, 1.807) is 6.08 Å². The molecule has 0 bridgehead atoms. The summed E-state index contributed by atoms with van der Waals surface area (Å²) in [6, 6.07) is -4.87. The maximum absolute atomic E-state index is 13.6. The van der Waals surface area contributed by atoms with Crippen molar-refractivity contribution in [1.29, 1.82) is 0 Å². The average Bonchev–Trinajstić information content (AvgIpc) is 0.762. The number of carbonyl (C=O) groups excluding carboxylic acids is 3. The van der Waals surface area contributed by atoms with Gasteiger partial charge in [-0.1, -0.05) is 206 Å². The third-order valence-corrected chi connectivity index (χ3v) is 24.8. The first kappa shape index (κ1) is 110. The second kappa shape index (κ2) is 58.2. The van der Waals surface area contributed by atoms with Crippen LogP contribution in [0.5, 0.6) is 0 Å². The molecule has 7 fully saturated rings. The van der Waals surface area contributed by atoms with E-state index in [1.165, 1.54) is 142 Å². The highest BCUT2D eigenvalue weighted by molar-refractivity contribution is 5.76. The molecule has 3 amide bonds. The van der Waals surface area contributed by atoms with Crippen LogP contribution in [0.25, 0.3) is 0 Å². The molecule has 7 aliphatic rings. The van der Waals surface area contributed by atoms with E-state index in [2.05, 4.69) is 29.8 Å². The summed E-state index contributed by atoms with van der Waals surface area (Å²) in [7, 11) is 0. The number of aliphatic hydroxyl groups excluding tert-OH is 20. The number of aliphatic hydroxyl groups is 20. The van der Waals surface area contributed by atoms with Crippen LogP contribution in [-0.4, -0.2) is 393 Å². The first-order valence-corrected chi connectivity index (χ1v) is 46.3. The molecule has 126 heavy (non-hydrogen) atoms. The van der Waals surface area contributed by atoms with E-state index >= 15 is 0 Å². The highest BCUT2D eigenvalue weighted by atomic mass is 16.8. The summed E-state index contributed by atoms with van der Waals surface area (Å²) >= 11 is 0. The van der Waals surface area contributed by atoms with Crippen LogP contribution in [0.1, 0.15) is 240 Å². The summed E-state index contributed by atoms with van der Waals surface area (Å²) in [4.78, 5) is 40.0. The molecule has 40 heteroatoms. The molecule has 37 atom stereocenters. The molecule has 7 saturated heterocycles. The van der Waals surface area contributed by atoms with Crippen molar-refractivity contribution >= 4 is 17.7 Å². The van der Waals surface area contributed by atoms with Gasteiger partial charge in [0.1, 0.15) is 165 Å². The van der Waals surface area contributed by atoms with E-state index in [1.807, 2.05) is 6.08 Å². The first-order chi connectivity index (χ1) is 60.5. The third-order valence-electron chi connectivity index (χ3n) is 24.8. The van der Waals surface area contributed by atoms with Crippen molar-refractivity contribution in [3.05, 3.63) is 12.2 Å². The number of allylic oxidation sites excluding steroid dienone is 1. The SMILES string of the molecule is CCCCCCCCCCCCC/C=C/[C@@H](O)[C@H](CO[C@@H]1OC(CO)[C@@H](O[C@@H]2OC(CO)[C@H](O)[C@H](O[C@@H]3OC(CO)[C@@H](O[C@@H]4OC(CO)[C@H](O)[C@H](O[C@@H]5OC(CO)[C@@H](O[C@H]6OC(C)[C@@H](O)C(O)[C@@H]6O)[C@H](O[C@@H]6OC(CO)[C@H](O)[C@H](O)C6O)C5NC(C)=O)C4O)[C@H](O)C3NC(C)=O)C2O)[C@H](O)C1O)NC(=O)CCCCCCCCCCCCCCCCCCCCC. The summed E-state index contributed by atoms with van der Waals surface area (Å²) < 4.78 is 84.0. The van der Waals surface area contributed by atoms with Gasteiger partial charge in [-0.15, -0.1) is 0 Å². The van der Waals surface area contributed by atoms with Crippen molar-refractivity contribution in [3.8, 4) is 0 Å². The standard InChI is InChI=1S/C86H155N3O37/c1-6-8-10-12-14-16-18-20-21-22-23-24-25-27-29-31-33-35-37-39-58(99)89-50(51(98)38-36-34-32-30-28-26-19-17-15-13-11-9-7-2)46-113-82-71(110)68(107)75(56(44-94)120-82)122-86-72(111)78(63(102)53(41-91)117-86)125-80-59(87-48(4)96)65(104)74(55(43-93)118-80)121-85-73(112)79(64(103)54(42-92)116-85)126-81-60(88-49(5)97)77(124-84-70(109)67(106)62(101)52(40-90)115-84)76(57(45-95)119-81)123-83-69(108)66(105)61(100)47(3)114-83/h36,38,47,50-57,59-86,90-95,98,100-112H,6-35,37,39-46H2,1-5H3,(H,87,96)(H,88,97)(H,89,99)/b38-36+/t47?,50-,51+,52?,53?,54?,55?,56?,57?,59?,60?,61+,62-,63-,64-,65+,66?,67-,68+,69-,70?,71?,72?,73?,74+,75+,76+,77+,78-,79-,80-,81-,82+,83+,84-,85-,86-/m0/s1. The Balaban J connectivity index is 0.999. The minimum Gasteiger partial charge on any atom is -0.394 e. The predicted molar refractivity (Wildman–Crippen MR) is 443 cm³/mol. The number of amides is 3. The molecule has 0 aliphatic carbocycles. The Hall–Kier alpha value is -3.21. The van der Waals surface area contributed by atoms with Crippen LogP contribution in [0.3, 0.4) is 0 Å². The Labute approximate surface area is 739 Å². The van der Waals surface area contributed by atoms with E-state index in [0.29, 0.717) is 12.8 Å². The van der Waals surface area contributed by atoms with Gasteiger partial charge >= 0.3 is 0 Å². The molecule has 0 aromatic rings. The summed E-state index contributed by atoms with van der Waals surface area (Å²) in [5, 5.41) is 232. The van der Waals surface area contributed by atoms with Crippen molar-refractivity contribution in [2.75, 3.05) is 46.2 Å². The van der Waals surface area contributed by atoms with Crippen molar-refractivity contribution in [3.63, 3.8) is 0 Å². The summed E-state index contributed by atoms with van der Waals surface area (Å²) in [5.74, 6) is -2.16. The normalized spacial score (nSPS) is 38.1. The van der Waals surface area contributed by atoms with Gasteiger partial charge in [-0.25, -0.2) is 0 Å². The van der Waals surface area contributed by atoms with Gasteiger partial charge < -0.3 is 184 Å². The molecule has 7 heterocycles. The largest absolute Gasteiger partial charge is 0.394 e. The van der Waals surface area contributed by atoms with Crippen molar-refractivity contribution in [1.82, 2.24) is 16.0 Å². The summed E-state index contributed by atoms with van der Waals surface area (Å²) in [6.07, 6.45) is -26.0. The molecule has 7 rings (SSSR count). The zero-order chi connectivity index (χ0) is 92.1. The van der Waals surface area contributed by atoms with Crippen LogP contribution in [0.15, 0.2) is 12.2 Å². The molecule has 0 aromatic heterocycles. The van der Waals surface area contributed by atoms with Crippen LogP contribution >= 0.6 is 0 Å². The van der Waals surface area contributed by atoms with Crippen LogP contribution in [-0.2, 0) is 80.7 Å². The molecule has 40 nitrogen and oxygen atoms in total. The molecule has 7 aliphatic heterocycles. The predicted octanol–water partition coefficient (Wildman–Crippen LogP) is -2.01. The molecule has 0 saturated carbocycles. The fourth-order valence-corrected chi connectivity index (χ4v) is 17.2. The second-order valence-corrected chi connectivity index (χ2v) is 34.9. The number of hydrogen-bond acceptors (Lipinski definition) is 37. The van der Waals surface area contributed by atoms with Crippen molar-refractivity contribution < 1.29 is 183 Å². The van der Waals surface area contributed by atoms with Crippen LogP contribution in [0.4, 0.5) is 0 Å². The second-order valence-electron chi connectivity index (χ2n) is 34.9. The molecule has 736 valence electrons. The van der Waals surface area contributed by atoms with Crippen LogP contribution in [0, 0.1) is 0 Å². The lowest BCUT2D eigenvalue weighted by atomic mass is 9.93. The lowest BCUT2D eigenvalue weighted by molar-refractivity contribution is -0.393.